The summed E-state index contributed by atoms with van der Waals surface area (Å²) < 4.78 is 0. The van der Waals surface area contributed by atoms with E-state index < -0.39 is 0 Å². The zero-order chi connectivity index (χ0) is 12.6. The Labute approximate surface area is 107 Å². The van der Waals surface area contributed by atoms with Crippen LogP contribution in [0.25, 0.3) is 0 Å². The van der Waals surface area contributed by atoms with Crippen LogP contribution >= 0.6 is 0 Å². The van der Waals surface area contributed by atoms with Gasteiger partial charge in [0.2, 0.25) is 0 Å². The van der Waals surface area contributed by atoms with Crippen molar-refractivity contribution in [2.24, 2.45) is 0 Å². The van der Waals surface area contributed by atoms with Gasteiger partial charge >= 0.3 is 0 Å². The third-order valence-corrected chi connectivity index (χ3v) is 2.81. The summed E-state index contributed by atoms with van der Waals surface area (Å²) in [7, 11) is 0. The fraction of sp³-hybridized carbons (Fsp3) is 0.688. The lowest BCUT2D eigenvalue weighted by Gasteiger charge is -1.98. The molecule has 0 heterocycles. The molecule has 0 aromatic heterocycles. The van der Waals surface area contributed by atoms with Gasteiger partial charge in [-0.25, -0.2) is 0 Å². The van der Waals surface area contributed by atoms with Crippen LogP contribution < -0.4 is 0 Å². The summed E-state index contributed by atoms with van der Waals surface area (Å²) in [5.41, 5.74) is 0. The summed E-state index contributed by atoms with van der Waals surface area (Å²) in [5, 5.41) is 0. The van der Waals surface area contributed by atoms with Gasteiger partial charge in [0.25, 0.3) is 0 Å². The van der Waals surface area contributed by atoms with Crippen molar-refractivity contribution in [3.05, 3.63) is 24.3 Å². The van der Waals surface area contributed by atoms with Gasteiger partial charge in [0.15, 0.2) is 0 Å². The Morgan fingerprint density at radius 3 is 1.94 bits per heavy atom. The first-order chi connectivity index (χ1) is 8.41. The zero-order valence-corrected chi connectivity index (χ0v) is 11.4. The fourth-order valence-corrected chi connectivity index (χ4v) is 1.73. The van der Waals surface area contributed by atoms with Crippen LogP contribution in [0.3, 0.4) is 0 Å². The second-order valence-corrected chi connectivity index (χ2v) is 4.51. The zero-order valence-electron chi connectivity index (χ0n) is 11.4. The van der Waals surface area contributed by atoms with Crippen LogP contribution in [0.15, 0.2) is 24.3 Å². The van der Waals surface area contributed by atoms with Crippen molar-refractivity contribution < 1.29 is 4.79 Å². The summed E-state index contributed by atoms with van der Waals surface area (Å²) in [6, 6.07) is 0. The van der Waals surface area contributed by atoms with E-state index in [1.54, 1.807) is 0 Å². The molecule has 0 aliphatic rings. The minimum Gasteiger partial charge on any atom is -0.303 e. The van der Waals surface area contributed by atoms with E-state index in [9.17, 15) is 4.79 Å². The first kappa shape index (κ1) is 16.1. The summed E-state index contributed by atoms with van der Waals surface area (Å²) in [4.78, 5) is 10.1. The van der Waals surface area contributed by atoms with Gasteiger partial charge in [-0.2, -0.15) is 0 Å². The standard InChI is InChI=1S/C16H28O/c1-2-3-4-5-6-7-8-9-10-11-12-13-14-15-16-17/h10-13,16H,2-9,14-15H2,1H3/b11-10?,13-12-. The van der Waals surface area contributed by atoms with Gasteiger partial charge in [-0.15, -0.1) is 0 Å². The molecule has 0 saturated carbocycles. The lowest BCUT2D eigenvalue weighted by atomic mass is 10.1. The predicted octanol–water partition coefficient (Wildman–Crippen LogP) is 5.22. The number of unbranched alkanes of at least 4 members (excludes halogenated alkanes) is 8. The highest BCUT2D eigenvalue weighted by Crippen LogP contribution is 2.08. The molecule has 0 unspecified atom stereocenters. The van der Waals surface area contributed by atoms with E-state index in [0.29, 0.717) is 6.42 Å². The van der Waals surface area contributed by atoms with Crippen molar-refractivity contribution in [1.82, 2.24) is 0 Å². The largest absolute Gasteiger partial charge is 0.303 e. The van der Waals surface area contributed by atoms with Gasteiger partial charge in [0, 0.05) is 6.42 Å². The molecule has 0 bridgehead atoms. The SMILES string of the molecule is CCCCCCCCCC=C/C=C\CCC=O. The van der Waals surface area contributed by atoms with Gasteiger partial charge < -0.3 is 4.79 Å². The molecule has 0 atom stereocenters. The minimum absolute atomic E-state index is 0.641. The number of hydrogen-bond donors (Lipinski definition) is 0. The van der Waals surface area contributed by atoms with Crippen LogP contribution in [0.2, 0.25) is 0 Å². The summed E-state index contributed by atoms with van der Waals surface area (Å²) >= 11 is 0. The smallest absolute Gasteiger partial charge is 0.120 e. The van der Waals surface area contributed by atoms with Crippen molar-refractivity contribution in [3.63, 3.8) is 0 Å². The Balaban J connectivity index is 3.13. The highest BCUT2D eigenvalue weighted by atomic mass is 16.1. The lowest BCUT2D eigenvalue weighted by molar-refractivity contribution is -0.107. The minimum atomic E-state index is 0.641. The molecule has 0 rings (SSSR count). The van der Waals surface area contributed by atoms with Gasteiger partial charge in [0.1, 0.15) is 6.29 Å². The van der Waals surface area contributed by atoms with Gasteiger partial charge in [-0.1, -0.05) is 69.8 Å². The predicted molar refractivity (Wildman–Crippen MR) is 76.2 cm³/mol. The van der Waals surface area contributed by atoms with Crippen molar-refractivity contribution in [2.45, 2.75) is 71.1 Å². The van der Waals surface area contributed by atoms with Gasteiger partial charge in [-0.3, -0.25) is 0 Å². The topological polar surface area (TPSA) is 17.1 Å². The number of rotatable bonds is 12. The van der Waals surface area contributed by atoms with Crippen LogP contribution in [0.4, 0.5) is 0 Å². The molecule has 1 nitrogen and oxygen atoms in total. The highest BCUT2D eigenvalue weighted by molar-refractivity contribution is 5.49. The lowest BCUT2D eigenvalue weighted by Crippen LogP contribution is -1.78. The molecule has 0 aromatic carbocycles. The van der Waals surface area contributed by atoms with Crippen LogP contribution in [0.1, 0.15) is 71.1 Å². The molecular formula is C16H28O. The molecule has 0 aliphatic carbocycles. The van der Waals surface area contributed by atoms with E-state index in [1.807, 2.05) is 6.08 Å². The molecule has 0 aliphatic heterocycles. The molecule has 0 N–H and O–H groups in total. The average molecular weight is 236 g/mol. The number of carbonyl (C=O) groups is 1. The Bertz CT molecular complexity index is 204. The first-order valence-electron chi connectivity index (χ1n) is 7.17. The van der Waals surface area contributed by atoms with Crippen LogP contribution in [-0.2, 0) is 4.79 Å². The maximum absolute atomic E-state index is 10.1. The molecule has 0 saturated heterocycles. The van der Waals surface area contributed by atoms with Gasteiger partial charge in [-0.05, 0) is 19.3 Å². The molecule has 98 valence electrons. The Morgan fingerprint density at radius 1 is 0.706 bits per heavy atom. The van der Waals surface area contributed by atoms with E-state index in [4.69, 9.17) is 0 Å². The van der Waals surface area contributed by atoms with Crippen LogP contribution in [0, 0.1) is 0 Å². The maximum Gasteiger partial charge on any atom is 0.120 e. The third-order valence-electron chi connectivity index (χ3n) is 2.81. The van der Waals surface area contributed by atoms with Crippen molar-refractivity contribution in [1.29, 1.82) is 0 Å². The van der Waals surface area contributed by atoms with E-state index in [-0.39, 0.29) is 0 Å². The molecular weight excluding hydrogens is 208 g/mol. The third kappa shape index (κ3) is 15.1. The second kappa shape index (κ2) is 15.1. The maximum atomic E-state index is 10.1. The Hall–Kier alpha value is -0.850. The summed E-state index contributed by atoms with van der Waals surface area (Å²) in [6.45, 7) is 2.26. The van der Waals surface area contributed by atoms with Crippen molar-refractivity contribution in [2.75, 3.05) is 0 Å². The number of aldehydes is 1. The Kier molecular flexibility index (Phi) is 14.4. The molecule has 0 radical (unpaired) electrons. The van der Waals surface area contributed by atoms with Gasteiger partial charge in [0.05, 0.1) is 0 Å². The molecule has 0 spiro atoms. The van der Waals surface area contributed by atoms with Crippen molar-refractivity contribution >= 4 is 6.29 Å². The van der Waals surface area contributed by atoms with Crippen LogP contribution in [-0.4, -0.2) is 6.29 Å². The normalized spacial score (nSPS) is 11.6. The second-order valence-electron chi connectivity index (χ2n) is 4.51. The quantitative estimate of drug-likeness (QED) is 0.258. The molecule has 0 fully saturated rings. The van der Waals surface area contributed by atoms with E-state index in [1.165, 1.54) is 51.4 Å². The molecule has 17 heavy (non-hydrogen) atoms. The number of allylic oxidation sites excluding steroid dienone is 4. The summed E-state index contributed by atoms with van der Waals surface area (Å²) in [5.74, 6) is 0. The van der Waals surface area contributed by atoms with Crippen LogP contribution in [0.5, 0.6) is 0 Å². The van der Waals surface area contributed by atoms with E-state index in [0.717, 1.165) is 12.7 Å². The van der Waals surface area contributed by atoms with E-state index >= 15 is 0 Å². The summed E-state index contributed by atoms with van der Waals surface area (Å²) in [6.07, 6.45) is 21.7. The molecule has 0 aromatic rings. The van der Waals surface area contributed by atoms with E-state index in [2.05, 4.69) is 25.2 Å². The number of hydrogen-bond acceptors (Lipinski definition) is 1. The fourth-order valence-electron chi connectivity index (χ4n) is 1.73. The Morgan fingerprint density at radius 2 is 1.29 bits per heavy atom. The van der Waals surface area contributed by atoms with Crippen molar-refractivity contribution in [3.8, 4) is 0 Å². The average Bonchev–Trinajstić information content (AvgIpc) is 2.35. The molecule has 0 amide bonds. The highest BCUT2D eigenvalue weighted by Gasteiger charge is 1.88. The first-order valence-corrected chi connectivity index (χ1v) is 7.17. The molecule has 1 heteroatoms. The number of carbonyl (C=O) groups excluding carboxylic acids is 1. The monoisotopic (exact) mass is 236 g/mol.